The Bertz CT molecular complexity index is 724. The molecule has 0 saturated carbocycles. The molecule has 0 radical (unpaired) electrons. The number of rotatable bonds is 5. The molecule has 0 fully saturated rings. The van der Waals surface area contributed by atoms with Crippen LogP contribution in [-0.4, -0.2) is 28.9 Å². The van der Waals surface area contributed by atoms with E-state index in [4.69, 9.17) is 10.2 Å². The monoisotopic (exact) mass is 379 g/mol. The molecule has 2 heterocycles. The van der Waals surface area contributed by atoms with Crippen LogP contribution < -0.4 is 11.1 Å². The fraction of sp³-hybridized carbons (Fsp3) is 0.368. The van der Waals surface area contributed by atoms with Crippen molar-refractivity contribution in [2.75, 3.05) is 12.3 Å². The van der Waals surface area contributed by atoms with Gasteiger partial charge in [-0.2, -0.15) is 0 Å². The zero-order chi connectivity index (χ0) is 19.7. The van der Waals surface area contributed by atoms with Gasteiger partial charge in [-0.3, -0.25) is 9.79 Å². The van der Waals surface area contributed by atoms with Crippen LogP contribution in [0.1, 0.15) is 36.4 Å². The predicted molar refractivity (Wildman–Crippen MR) is 107 cm³/mol. The Kier molecular flexibility index (Phi) is 8.38. The number of carbonyl (C=O) groups excluding carboxylic acids is 1. The van der Waals surface area contributed by atoms with E-state index in [1.807, 2.05) is 13.8 Å². The Morgan fingerprint density at radius 3 is 2.81 bits per heavy atom. The first-order valence-corrected chi connectivity index (χ1v) is 9.14. The minimum absolute atomic E-state index is 0.175. The zero-order valence-electron chi connectivity index (χ0n) is 15.5. The van der Waals surface area contributed by atoms with E-state index in [2.05, 4.69) is 23.5 Å². The minimum Gasteiger partial charge on any atom is -0.469 e. The van der Waals surface area contributed by atoms with Gasteiger partial charge < -0.3 is 15.5 Å². The first kappa shape index (κ1) is 21.8. The molecule has 26 heavy (non-hydrogen) atoms. The third-order valence-corrected chi connectivity index (χ3v) is 4.88. The molecule has 1 aliphatic rings. The van der Waals surface area contributed by atoms with Gasteiger partial charge >= 0.3 is 0 Å². The highest BCUT2D eigenvalue weighted by molar-refractivity contribution is 8.13. The van der Waals surface area contributed by atoms with Crippen LogP contribution in [-0.2, 0) is 0 Å². The summed E-state index contributed by atoms with van der Waals surface area (Å²) in [4.78, 5) is 16.4. The van der Waals surface area contributed by atoms with Crippen molar-refractivity contribution in [1.82, 2.24) is 5.32 Å². The second-order valence-corrected chi connectivity index (χ2v) is 6.97. The molecule has 142 valence electrons. The maximum absolute atomic E-state index is 13.9. The number of allylic oxidation sites excluding steroid dienone is 2. The van der Waals surface area contributed by atoms with Gasteiger partial charge in [0.15, 0.2) is 5.17 Å². The van der Waals surface area contributed by atoms with E-state index < -0.39 is 11.4 Å². The summed E-state index contributed by atoms with van der Waals surface area (Å²) >= 11 is 1.53. The van der Waals surface area contributed by atoms with E-state index in [0.717, 1.165) is 17.7 Å². The summed E-state index contributed by atoms with van der Waals surface area (Å²) in [7, 11) is 0. The fourth-order valence-corrected chi connectivity index (χ4v) is 3.28. The highest BCUT2D eigenvalue weighted by atomic mass is 32.2. The number of hydrogen-bond acceptors (Lipinski definition) is 5. The van der Waals surface area contributed by atoms with Gasteiger partial charge in [-0.05, 0) is 44.9 Å². The number of nitrogens with two attached hydrogens (primary N) is 1. The van der Waals surface area contributed by atoms with Crippen LogP contribution >= 0.6 is 11.8 Å². The Hall–Kier alpha value is -2.28. The first-order chi connectivity index (χ1) is 12.3. The quantitative estimate of drug-likeness (QED) is 0.595. The minimum atomic E-state index is -0.436. The van der Waals surface area contributed by atoms with E-state index >= 15 is 0 Å². The largest absolute Gasteiger partial charge is 0.469 e. The summed E-state index contributed by atoms with van der Waals surface area (Å²) < 4.78 is 19.0. The van der Waals surface area contributed by atoms with Gasteiger partial charge in [0.2, 0.25) is 0 Å². The number of amides is 1. The van der Waals surface area contributed by atoms with E-state index in [1.54, 1.807) is 19.1 Å². The highest BCUT2D eigenvalue weighted by Gasteiger charge is 2.28. The van der Waals surface area contributed by atoms with Crippen molar-refractivity contribution in [3.05, 3.63) is 60.4 Å². The summed E-state index contributed by atoms with van der Waals surface area (Å²) in [5.41, 5.74) is 6.72. The number of nitrogens with one attached hydrogen (secondary N) is 1. The van der Waals surface area contributed by atoms with Crippen molar-refractivity contribution in [2.45, 2.75) is 32.7 Å². The topological polar surface area (TPSA) is 80.6 Å². The first-order valence-electron chi connectivity index (χ1n) is 8.15. The van der Waals surface area contributed by atoms with Gasteiger partial charge in [0.1, 0.15) is 11.6 Å². The molecule has 3 N–H and O–H groups in total. The molecule has 1 aromatic heterocycles. The van der Waals surface area contributed by atoms with Crippen molar-refractivity contribution in [1.29, 1.82) is 0 Å². The number of aliphatic imine (C=N–C) groups is 1. The number of furan rings is 1. The van der Waals surface area contributed by atoms with Gasteiger partial charge in [-0.1, -0.05) is 17.8 Å². The lowest BCUT2D eigenvalue weighted by molar-refractivity contribution is 0.0953. The van der Waals surface area contributed by atoms with Crippen molar-refractivity contribution < 1.29 is 13.6 Å². The van der Waals surface area contributed by atoms with Gasteiger partial charge in [-0.25, -0.2) is 4.39 Å². The summed E-state index contributed by atoms with van der Waals surface area (Å²) in [6.45, 7) is 11.4. The van der Waals surface area contributed by atoms with Crippen LogP contribution in [0.3, 0.4) is 0 Å². The highest BCUT2D eigenvalue weighted by Crippen LogP contribution is 2.31. The molecular formula is C19H26FN3O2S. The average molecular weight is 380 g/mol. The number of halogens is 1. The van der Waals surface area contributed by atoms with Crippen LogP contribution in [0.4, 0.5) is 4.39 Å². The normalized spacial score (nSPS) is 20.7. The number of carbonyl (C=O) groups is 1. The summed E-state index contributed by atoms with van der Waals surface area (Å²) in [5, 5.41) is 3.08. The lowest BCUT2D eigenvalue weighted by Gasteiger charge is -2.30. The lowest BCUT2D eigenvalue weighted by atomic mass is 9.90. The maximum Gasteiger partial charge on any atom is 0.255 e. The lowest BCUT2D eigenvalue weighted by Crippen LogP contribution is -2.32. The number of nitrogens with zero attached hydrogens (tertiary/aromatic N) is 1. The number of amidine groups is 1. The van der Waals surface area contributed by atoms with Crippen LogP contribution in [0.2, 0.25) is 0 Å². The smallest absolute Gasteiger partial charge is 0.255 e. The molecule has 0 bridgehead atoms. The maximum atomic E-state index is 13.9. The third-order valence-electron chi connectivity index (χ3n) is 4.08. The molecule has 2 rings (SSSR count). The van der Waals surface area contributed by atoms with Crippen molar-refractivity contribution in [3.8, 4) is 0 Å². The molecule has 5 nitrogen and oxygen atoms in total. The number of hydrogen-bond donors (Lipinski definition) is 2. The zero-order valence-corrected chi connectivity index (χ0v) is 16.3. The molecule has 1 aliphatic heterocycles. The Morgan fingerprint density at radius 2 is 2.23 bits per heavy atom. The fourth-order valence-electron chi connectivity index (χ4n) is 2.31. The molecule has 1 aromatic rings. The van der Waals surface area contributed by atoms with Gasteiger partial charge in [0, 0.05) is 5.75 Å². The number of thioether (sulfide) groups is 1. The molecule has 1 amide bonds. The van der Waals surface area contributed by atoms with E-state index in [0.29, 0.717) is 16.5 Å². The number of aryl methyl sites for hydroxylation is 1. The molecule has 1 unspecified atom stereocenters. The van der Waals surface area contributed by atoms with Crippen LogP contribution in [0.5, 0.6) is 0 Å². The molecule has 0 saturated heterocycles. The second-order valence-electron chi connectivity index (χ2n) is 5.86. The van der Waals surface area contributed by atoms with Crippen molar-refractivity contribution in [2.24, 2.45) is 10.7 Å². The van der Waals surface area contributed by atoms with E-state index in [-0.39, 0.29) is 12.5 Å². The molecular weight excluding hydrogens is 353 g/mol. The molecule has 0 aliphatic carbocycles. The second kappa shape index (κ2) is 10.0. The molecule has 0 aromatic carbocycles. The van der Waals surface area contributed by atoms with Crippen LogP contribution in [0.15, 0.2) is 58.4 Å². The molecule has 0 spiro atoms. The summed E-state index contributed by atoms with van der Waals surface area (Å²) in [6.07, 6.45) is 5.33. The average Bonchev–Trinajstić information content (AvgIpc) is 3.05. The predicted octanol–water partition coefficient (Wildman–Crippen LogP) is 4.13. The molecule has 1 atom stereocenters. The van der Waals surface area contributed by atoms with Crippen LogP contribution in [0.25, 0.3) is 0 Å². The standard InChI is InChI=1S/C17H22FN3O2S.C2H4/c1-11(17(3)7-9-24-16(19)21-17)4-5-13(18)10-20-15(22)14-6-8-23-12(14)2;1-2/h4-6,8H,7,9-10H2,1-3H3,(H2,19,21)(H,20,22);1-2H2/b11-4+,13-5+;. The van der Waals surface area contributed by atoms with E-state index in [1.165, 1.54) is 24.1 Å². The van der Waals surface area contributed by atoms with Crippen molar-refractivity contribution >= 4 is 22.8 Å². The van der Waals surface area contributed by atoms with Gasteiger partial charge in [-0.15, -0.1) is 13.2 Å². The Balaban J connectivity index is 0.00000163. The van der Waals surface area contributed by atoms with Gasteiger partial charge in [0.25, 0.3) is 5.91 Å². The Morgan fingerprint density at radius 1 is 1.54 bits per heavy atom. The third kappa shape index (κ3) is 5.91. The SMILES string of the molecule is C/C(=C\C=C(\F)CNC(=O)c1ccoc1C)C1(C)CCSC(N)=N1.C=C. The molecule has 7 heteroatoms. The van der Waals surface area contributed by atoms with Crippen molar-refractivity contribution in [3.63, 3.8) is 0 Å². The van der Waals surface area contributed by atoms with Crippen LogP contribution in [0, 0.1) is 6.92 Å². The summed E-state index contributed by atoms with van der Waals surface area (Å²) in [6, 6.07) is 1.56. The summed E-state index contributed by atoms with van der Waals surface area (Å²) in [5.74, 6) is 0.600. The Labute approximate surface area is 158 Å². The van der Waals surface area contributed by atoms with E-state index in [9.17, 15) is 9.18 Å². The van der Waals surface area contributed by atoms with Gasteiger partial charge in [0.05, 0.1) is 23.9 Å².